The molecule has 0 fully saturated rings. The van der Waals surface area contributed by atoms with Crippen molar-refractivity contribution in [3.63, 3.8) is 0 Å². The SMILES string of the molecule is COc1ccc(C)cc1C(O)C(O)CCS. The molecular formula is C12H18O3S. The molecule has 1 rings (SSSR count). The van der Waals surface area contributed by atoms with E-state index in [4.69, 9.17) is 4.74 Å². The Morgan fingerprint density at radius 1 is 1.38 bits per heavy atom. The molecule has 0 aliphatic carbocycles. The zero-order valence-corrected chi connectivity index (χ0v) is 10.4. The molecule has 2 unspecified atom stereocenters. The van der Waals surface area contributed by atoms with Crippen LogP contribution in [0.25, 0.3) is 0 Å². The van der Waals surface area contributed by atoms with Crippen molar-refractivity contribution in [2.24, 2.45) is 0 Å². The van der Waals surface area contributed by atoms with Crippen LogP contribution < -0.4 is 4.74 Å². The molecule has 0 spiro atoms. The maximum absolute atomic E-state index is 9.99. The van der Waals surface area contributed by atoms with Crippen LogP contribution in [0.15, 0.2) is 18.2 Å². The second-order valence-corrected chi connectivity index (χ2v) is 4.22. The van der Waals surface area contributed by atoms with E-state index in [1.165, 1.54) is 0 Å². The third-order valence-corrected chi connectivity index (χ3v) is 2.75. The van der Waals surface area contributed by atoms with Gasteiger partial charge in [-0.3, -0.25) is 0 Å². The Bertz CT molecular complexity index is 341. The third kappa shape index (κ3) is 3.14. The highest BCUT2D eigenvalue weighted by molar-refractivity contribution is 7.80. The van der Waals surface area contributed by atoms with Gasteiger partial charge in [0.1, 0.15) is 11.9 Å². The van der Waals surface area contributed by atoms with Crippen LogP contribution in [-0.2, 0) is 0 Å². The highest BCUT2D eigenvalue weighted by atomic mass is 32.1. The third-order valence-electron chi connectivity index (χ3n) is 2.49. The summed E-state index contributed by atoms with van der Waals surface area (Å²) in [6.45, 7) is 1.93. The highest BCUT2D eigenvalue weighted by Crippen LogP contribution is 2.29. The van der Waals surface area contributed by atoms with E-state index in [0.717, 1.165) is 5.56 Å². The molecule has 0 radical (unpaired) electrons. The molecule has 3 nitrogen and oxygen atoms in total. The first-order valence-electron chi connectivity index (χ1n) is 5.21. The number of aliphatic hydroxyl groups excluding tert-OH is 2. The molecule has 0 saturated heterocycles. The Balaban J connectivity index is 2.96. The van der Waals surface area contributed by atoms with Gasteiger partial charge >= 0.3 is 0 Å². The summed E-state index contributed by atoms with van der Waals surface area (Å²) >= 11 is 4.03. The molecule has 0 aliphatic rings. The number of ether oxygens (including phenoxy) is 1. The molecule has 0 saturated carbocycles. The second-order valence-electron chi connectivity index (χ2n) is 3.77. The molecule has 0 heterocycles. The molecular weight excluding hydrogens is 224 g/mol. The largest absolute Gasteiger partial charge is 0.496 e. The van der Waals surface area contributed by atoms with Gasteiger partial charge in [0.15, 0.2) is 0 Å². The lowest BCUT2D eigenvalue weighted by atomic mass is 10.00. The highest BCUT2D eigenvalue weighted by Gasteiger charge is 2.21. The van der Waals surface area contributed by atoms with Crippen LogP contribution in [0.1, 0.15) is 23.7 Å². The Morgan fingerprint density at radius 3 is 2.62 bits per heavy atom. The van der Waals surface area contributed by atoms with E-state index < -0.39 is 12.2 Å². The maximum Gasteiger partial charge on any atom is 0.124 e. The first-order chi connectivity index (χ1) is 7.60. The summed E-state index contributed by atoms with van der Waals surface area (Å²) in [6, 6.07) is 5.52. The zero-order valence-electron chi connectivity index (χ0n) is 9.55. The van der Waals surface area contributed by atoms with Crippen LogP contribution in [0.2, 0.25) is 0 Å². The van der Waals surface area contributed by atoms with Gasteiger partial charge in [-0.15, -0.1) is 0 Å². The van der Waals surface area contributed by atoms with Crippen LogP contribution in [-0.4, -0.2) is 29.2 Å². The Kier molecular flexibility index (Phi) is 5.12. The van der Waals surface area contributed by atoms with Gasteiger partial charge in [0, 0.05) is 5.56 Å². The molecule has 2 atom stereocenters. The molecule has 0 amide bonds. The van der Waals surface area contributed by atoms with E-state index in [0.29, 0.717) is 23.5 Å². The number of hydrogen-bond acceptors (Lipinski definition) is 4. The van der Waals surface area contributed by atoms with E-state index in [9.17, 15) is 10.2 Å². The van der Waals surface area contributed by atoms with Gasteiger partial charge in [0.05, 0.1) is 13.2 Å². The molecule has 4 heteroatoms. The van der Waals surface area contributed by atoms with Gasteiger partial charge in [-0.25, -0.2) is 0 Å². The Morgan fingerprint density at radius 2 is 2.06 bits per heavy atom. The average Bonchev–Trinajstić information content (AvgIpc) is 2.28. The van der Waals surface area contributed by atoms with Gasteiger partial charge in [0.25, 0.3) is 0 Å². The number of benzene rings is 1. The summed E-state index contributed by atoms with van der Waals surface area (Å²) in [6.07, 6.45) is -1.29. The summed E-state index contributed by atoms with van der Waals surface area (Å²) in [7, 11) is 1.55. The van der Waals surface area contributed by atoms with Crippen LogP contribution in [0.5, 0.6) is 5.75 Å². The molecule has 1 aromatic carbocycles. The summed E-state index contributed by atoms with van der Waals surface area (Å²) in [4.78, 5) is 0. The van der Waals surface area contributed by atoms with E-state index in [1.807, 2.05) is 19.1 Å². The molecule has 90 valence electrons. The van der Waals surface area contributed by atoms with Crippen molar-refractivity contribution in [3.05, 3.63) is 29.3 Å². The van der Waals surface area contributed by atoms with E-state index >= 15 is 0 Å². The molecule has 1 aromatic rings. The lowest BCUT2D eigenvalue weighted by molar-refractivity contribution is 0.0159. The lowest BCUT2D eigenvalue weighted by Crippen LogP contribution is -2.19. The number of aliphatic hydroxyl groups is 2. The minimum absolute atomic E-state index is 0.446. The smallest absolute Gasteiger partial charge is 0.124 e. The molecule has 16 heavy (non-hydrogen) atoms. The van der Waals surface area contributed by atoms with Crippen LogP contribution in [0, 0.1) is 6.92 Å². The second kappa shape index (κ2) is 6.13. The summed E-state index contributed by atoms with van der Waals surface area (Å²) < 4.78 is 5.16. The van der Waals surface area contributed by atoms with E-state index in [-0.39, 0.29) is 0 Å². The van der Waals surface area contributed by atoms with E-state index in [1.54, 1.807) is 13.2 Å². The van der Waals surface area contributed by atoms with Gasteiger partial charge in [-0.1, -0.05) is 11.6 Å². The summed E-state index contributed by atoms with van der Waals surface area (Å²) in [5.74, 6) is 1.13. The van der Waals surface area contributed by atoms with Crippen molar-refractivity contribution in [1.82, 2.24) is 0 Å². The fourth-order valence-corrected chi connectivity index (χ4v) is 1.85. The van der Waals surface area contributed by atoms with Gasteiger partial charge < -0.3 is 14.9 Å². The Labute approximate surface area is 101 Å². The van der Waals surface area contributed by atoms with Crippen LogP contribution >= 0.6 is 12.6 Å². The van der Waals surface area contributed by atoms with Crippen molar-refractivity contribution in [1.29, 1.82) is 0 Å². The van der Waals surface area contributed by atoms with Crippen molar-refractivity contribution in [2.45, 2.75) is 25.6 Å². The molecule has 0 aromatic heterocycles. The van der Waals surface area contributed by atoms with Crippen molar-refractivity contribution >= 4 is 12.6 Å². The van der Waals surface area contributed by atoms with Gasteiger partial charge in [-0.05, 0) is 31.2 Å². The Hall–Kier alpha value is -0.710. The lowest BCUT2D eigenvalue weighted by Gasteiger charge is -2.20. The molecule has 0 bridgehead atoms. The standard InChI is InChI=1S/C12H18O3S/c1-8-3-4-11(15-2)9(7-8)12(14)10(13)5-6-16/h3-4,7,10,12-14,16H,5-6H2,1-2H3. The summed E-state index contributed by atoms with van der Waals surface area (Å²) in [5, 5.41) is 19.7. The minimum Gasteiger partial charge on any atom is -0.496 e. The predicted octanol–water partition coefficient (Wildman–Crippen LogP) is 1.72. The number of thiol groups is 1. The number of methoxy groups -OCH3 is 1. The first-order valence-corrected chi connectivity index (χ1v) is 5.85. The summed E-state index contributed by atoms with van der Waals surface area (Å²) in [5.41, 5.74) is 1.64. The van der Waals surface area contributed by atoms with Crippen molar-refractivity contribution < 1.29 is 14.9 Å². The predicted molar refractivity (Wildman–Crippen MR) is 67.2 cm³/mol. The number of aryl methyl sites for hydroxylation is 1. The van der Waals surface area contributed by atoms with Gasteiger partial charge in [-0.2, -0.15) is 12.6 Å². The average molecular weight is 242 g/mol. The van der Waals surface area contributed by atoms with E-state index in [2.05, 4.69) is 12.6 Å². The first kappa shape index (κ1) is 13.4. The van der Waals surface area contributed by atoms with Crippen LogP contribution in [0.3, 0.4) is 0 Å². The molecule has 2 N–H and O–H groups in total. The normalized spacial score (nSPS) is 14.6. The quantitative estimate of drug-likeness (QED) is 0.689. The maximum atomic E-state index is 9.99. The monoisotopic (exact) mass is 242 g/mol. The molecule has 0 aliphatic heterocycles. The minimum atomic E-state index is -0.929. The van der Waals surface area contributed by atoms with Crippen molar-refractivity contribution in [3.8, 4) is 5.75 Å². The fraction of sp³-hybridized carbons (Fsp3) is 0.500. The fourth-order valence-electron chi connectivity index (χ4n) is 1.58. The number of hydrogen-bond donors (Lipinski definition) is 3. The van der Waals surface area contributed by atoms with Gasteiger partial charge in [0.2, 0.25) is 0 Å². The topological polar surface area (TPSA) is 49.7 Å². The number of rotatable bonds is 5. The van der Waals surface area contributed by atoms with Crippen LogP contribution in [0.4, 0.5) is 0 Å². The zero-order chi connectivity index (χ0) is 12.1. The van der Waals surface area contributed by atoms with Crippen molar-refractivity contribution in [2.75, 3.05) is 12.9 Å².